The van der Waals surface area contributed by atoms with E-state index in [1.807, 2.05) is 0 Å². The second-order valence-corrected chi connectivity index (χ2v) is 18.9. The first-order chi connectivity index (χ1) is 36.7. The smallest absolute Gasteiger partial charge is 0.0562 e. The summed E-state index contributed by atoms with van der Waals surface area (Å²) in [6, 6.07) is 105. The molecule has 2 heterocycles. The Labute approximate surface area is 430 Å². The Morgan fingerprint density at radius 2 is 0.541 bits per heavy atom. The van der Waals surface area contributed by atoms with Crippen LogP contribution in [0.2, 0.25) is 0 Å². The molecule has 4 heteroatoms. The van der Waals surface area contributed by atoms with E-state index in [-0.39, 0.29) is 0 Å². The third kappa shape index (κ3) is 7.31. The van der Waals surface area contributed by atoms with Crippen LogP contribution >= 0.6 is 0 Å². The van der Waals surface area contributed by atoms with E-state index in [9.17, 15) is 0 Å². The lowest BCUT2D eigenvalue weighted by molar-refractivity contribution is 1.18. The van der Waals surface area contributed by atoms with Crippen molar-refractivity contribution in [2.24, 2.45) is 0 Å². The fraction of sp³-hybridized carbons (Fsp3) is 0. The zero-order valence-electron chi connectivity index (χ0n) is 40.5. The maximum absolute atomic E-state index is 2.41. The Bertz CT molecular complexity index is 3970. The molecule has 0 saturated heterocycles. The van der Waals surface area contributed by atoms with Crippen LogP contribution in [0.5, 0.6) is 0 Å². The molecule has 0 bridgehead atoms. The molecule has 0 aliphatic rings. The number of rotatable bonds is 10. The van der Waals surface area contributed by atoms with Crippen LogP contribution in [-0.2, 0) is 0 Å². The van der Waals surface area contributed by atoms with Crippen LogP contribution in [0.1, 0.15) is 0 Å². The number of para-hydroxylation sites is 6. The SMILES string of the molecule is c1ccc(N(c2ccccc2)c2cccc3c2c2ccccc2n3-c2ccc(-c3ccc4cc(-c5ccc(-n6c7ccccc7c7c(N(c8ccccc8)c8ccccc8)cccc76)cc5)ccc4c3)cc2)cc1. The molecule has 14 aromatic rings. The molecule has 0 spiro atoms. The van der Waals surface area contributed by atoms with Gasteiger partial charge in [0.05, 0.1) is 33.4 Å². The Morgan fingerprint density at radius 1 is 0.230 bits per heavy atom. The Morgan fingerprint density at radius 3 is 0.905 bits per heavy atom. The van der Waals surface area contributed by atoms with Crippen LogP contribution in [0.15, 0.2) is 291 Å². The Hall–Kier alpha value is -9.90. The largest absolute Gasteiger partial charge is 0.310 e. The topological polar surface area (TPSA) is 16.3 Å². The van der Waals surface area contributed by atoms with Crippen molar-refractivity contribution in [1.82, 2.24) is 9.13 Å². The summed E-state index contributed by atoms with van der Waals surface area (Å²) in [5, 5.41) is 7.30. The third-order valence-corrected chi connectivity index (χ3v) is 14.6. The minimum Gasteiger partial charge on any atom is -0.310 e. The number of hydrogen-bond donors (Lipinski definition) is 0. The van der Waals surface area contributed by atoms with Crippen LogP contribution in [-0.4, -0.2) is 9.13 Å². The second-order valence-electron chi connectivity index (χ2n) is 18.9. The number of hydrogen-bond acceptors (Lipinski definition) is 2. The molecule has 0 aliphatic carbocycles. The second kappa shape index (κ2) is 18.1. The minimum atomic E-state index is 1.12. The summed E-state index contributed by atoms with van der Waals surface area (Å²) < 4.78 is 4.82. The first-order valence-corrected chi connectivity index (χ1v) is 25.3. The van der Waals surface area contributed by atoms with E-state index in [4.69, 9.17) is 0 Å². The highest BCUT2D eigenvalue weighted by molar-refractivity contribution is 6.18. The average molecular weight is 945 g/mol. The van der Waals surface area contributed by atoms with E-state index >= 15 is 0 Å². The predicted molar refractivity (Wildman–Crippen MR) is 313 cm³/mol. The van der Waals surface area contributed by atoms with Crippen molar-refractivity contribution in [3.05, 3.63) is 291 Å². The van der Waals surface area contributed by atoms with Crippen molar-refractivity contribution in [3.63, 3.8) is 0 Å². The van der Waals surface area contributed by atoms with Gasteiger partial charge in [0.25, 0.3) is 0 Å². The summed E-state index contributed by atoms with van der Waals surface area (Å²) in [7, 11) is 0. The molecule has 12 aromatic carbocycles. The van der Waals surface area contributed by atoms with E-state index in [0.29, 0.717) is 0 Å². The zero-order chi connectivity index (χ0) is 49.0. The number of fused-ring (bicyclic) bond motifs is 7. The molecule has 348 valence electrons. The van der Waals surface area contributed by atoms with Crippen molar-refractivity contribution in [2.75, 3.05) is 9.80 Å². The fourth-order valence-electron chi connectivity index (χ4n) is 11.3. The quantitative estimate of drug-likeness (QED) is 0.136. The fourth-order valence-corrected chi connectivity index (χ4v) is 11.3. The van der Waals surface area contributed by atoms with Gasteiger partial charge in [-0.25, -0.2) is 0 Å². The van der Waals surface area contributed by atoms with Crippen molar-refractivity contribution < 1.29 is 0 Å². The highest BCUT2D eigenvalue weighted by atomic mass is 15.2. The van der Waals surface area contributed by atoms with Crippen molar-refractivity contribution in [2.45, 2.75) is 0 Å². The van der Waals surface area contributed by atoms with Crippen LogP contribution in [0.25, 0.3) is 88.0 Å². The molecule has 0 unspecified atom stereocenters. The summed E-state index contributed by atoms with van der Waals surface area (Å²) in [4.78, 5) is 4.74. The molecule has 2 aromatic heterocycles. The van der Waals surface area contributed by atoms with Gasteiger partial charge in [-0.2, -0.15) is 0 Å². The molecule has 14 rings (SSSR count). The number of nitrogens with zero attached hydrogens (tertiary/aromatic N) is 4. The molecule has 0 saturated carbocycles. The summed E-state index contributed by atoms with van der Waals surface area (Å²) >= 11 is 0. The summed E-state index contributed by atoms with van der Waals surface area (Å²) in [5.41, 5.74) is 18.5. The molecule has 0 N–H and O–H groups in total. The van der Waals surface area contributed by atoms with Crippen LogP contribution in [0.3, 0.4) is 0 Å². The highest BCUT2D eigenvalue weighted by Crippen LogP contribution is 2.46. The molecule has 0 atom stereocenters. The van der Waals surface area contributed by atoms with Gasteiger partial charge >= 0.3 is 0 Å². The van der Waals surface area contributed by atoms with Crippen LogP contribution in [0.4, 0.5) is 34.1 Å². The van der Waals surface area contributed by atoms with Gasteiger partial charge < -0.3 is 18.9 Å². The molecule has 0 fully saturated rings. The molecule has 0 radical (unpaired) electrons. The van der Waals surface area contributed by atoms with E-state index < -0.39 is 0 Å². The average Bonchev–Trinajstić information content (AvgIpc) is 4.02. The number of anilines is 6. The lowest BCUT2D eigenvalue weighted by Gasteiger charge is -2.26. The van der Waals surface area contributed by atoms with Crippen molar-refractivity contribution >= 4 is 88.5 Å². The van der Waals surface area contributed by atoms with Gasteiger partial charge in [-0.1, -0.05) is 170 Å². The Balaban J connectivity index is 0.775. The summed E-state index contributed by atoms with van der Waals surface area (Å²) in [6.07, 6.45) is 0. The molecule has 0 aliphatic heterocycles. The first-order valence-electron chi connectivity index (χ1n) is 25.3. The Kier molecular flexibility index (Phi) is 10.5. The van der Waals surface area contributed by atoms with Gasteiger partial charge in [-0.15, -0.1) is 0 Å². The van der Waals surface area contributed by atoms with Gasteiger partial charge in [0.15, 0.2) is 0 Å². The molecular formula is C70H48N4. The molecule has 0 amide bonds. The van der Waals surface area contributed by atoms with Gasteiger partial charge in [0.2, 0.25) is 0 Å². The minimum absolute atomic E-state index is 1.12. The van der Waals surface area contributed by atoms with E-state index in [0.717, 1.165) is 45.5 Å². The number of aromatic nitrogens is 2. The van der Waals surface area contributed by atoms with Crippen LogP contribution < -0.4 is 9.80 Å². The summed E-state index contributed by atoms with van der Waals surface area (Å²) in [6.45, 7) is 0. The predicted octanol–water partition coefficient (Wildman–Crippen LogP) is 19.3. The summed E-state index contributed by atoms with van der Waals surface area (Å²) in [5.74, 6) is 0. The number of benzene rings is 12. The maximum Gasteiger partial charge on any atom is 0.0562 e. The normalized spacial score (nSPS) is 11.5. The lowest BCUT2D eigenvalue weighted by atomic mass is 9.97. The van der Waals surface area contributed by atoms with Gasteiger partial charge in [0.1, 0.15) is 0 Å². The first kappa shape index (κ1) is 42.9. The molecule has 74 heavy (non-hydrogen) atoms. The van der Waals surface area contributed by atoms with E-state index in [1.54, 1.807) is 0 Å². The van der Waals surface area contributed by atoms with E-state index in [2.05, 4.69) is 310 Å². The maximum atomic E-state index is 2.41. The van der Waals surface area contributed by atoms with Crippen LogP contribution in [0, 0.1) is 0 Å². The van der Waals surface area contributed by atoms with Gasteiger partial charge in [-0.05, 0) is 154 Å². The standard InChI is InChI=1S/C70H48N4/c1-5-19-55(20-6-1)71(56-21-7-2-8-22-56)65-31-17-33-67-69(65)61-27-13-15-29-63(61)73(67)59-43-39-49(40-44-59)51-35-37-54-48-52(36-38-53(54)47-51)50-41-45-60(46-42-50)74-64-30-16-14-28-62(64)70-66(32-18-34-68(70)74)72(57-23-9-3-10-24-57)58-25-11-4-12-26-58/h1-48H. The molecular weight excluding hydrogens is 897 g/mol. The zero-order valence-corrected chi connectivity index (χ0v) is 40.5. The van der Waals surface area contributed by atoms with Crippen molar-refractivity contribution in [3.8, 4) is 33.6 Å². The highest BCUT2D eigenvalue weighted by Gasteiger charge is 2.23. The lowest BCUT2D eigenvalue weighted by Crippen LogP contribution is -2.10. The molecule has 4 nitrogen and oxygen atoms in total. The van der Waals surface area contributed by atoms with Gasteiger partial charge in [0, 0.05) is 55.7 Å². The van der Waals surface area contributed by atoms with Gasteiger partial charge in [-0.3, -0.25) is 0 Å². The van der Waals surface area contributed by atoms with Crippen molar-refractivity contribution in [1.29, 1.82) is 0 Å². The monoisotopic (exact) mass is 944 g/mol. The third-order valence-electron chi connectivity index (χ3n) is 14.6. The van der Waals surface area contributed by atoms with E-state index in [1.165, 1.54) is 76.6 Å².